The summed E-state index contributed by atoms with van der Waals surface area (Å²) in [6, 6.07) is 10.3. The second-order valence-corrected chi connectivity index (χ2v) is 9.60. The van der Waals surface area contributed by atoms with Crippen LogP contribution in [0.1, 0.15) is 50.1 Å². The molecule has 5 rings (SSSR count). The van der Waals surface area contributed by atoms with Crippen molar-refractivity contribution < 1.29 is 27.4 Å². The van der Waals surface area contributed by atoms with Gasteiger partial charge in [0.05, 0.1) is 47.8 Å². The number of carbonyl (C=O) groups excluding carboxylic acids is 1. The number of fused-ring (bicyclic) bond motifs is 2. The number of anilines is 1. The Kier molecular flexibility index (Phi) is 7.33. The molecule has 0 saturated carbocycles. The van der Waals surface area contributed by atoms with Crippen LogP contribution in [0.3, 0.4) is 0 Å². The van der Waals surface area contributed by atoms with E-state index in [1.807, 2.05) is 38.1 Å². The molecule has 0 bridgehead atoms. The lowest BCUT2D eigenvalue weighted by Crippen LogP contribution is -2.55. The minimum atomic E-state index is -4.64. The van der Waals surface area contributed by atoms with Crippen LogP contribution in [-0.2, 0) is 22.9 Å². The first-order valence-electron chi connectivity index (χ1n) is 13.1. The summed E-state index contributed by atoms with van der Waals surface area (Å²) in [6.07, 6.45) is -1.64. The fourth-order valence-corrected chi connectivity index (χ4v) is 5.33. The fraction of sp³-hybridized carbons (Fsp3) is 0.429. The zero-order chi connectivity index (χ0) is 27.6. The number of nitrogens with one attached hydrogen (secondary N) is 1. The molecule has 206 valence electrons. The molecule has 0 aromatic carbocycles. The van der Waals surface area contributed by atoms with E-state index in [0.717, 1.165) is 16.8 Å². The number of halogens is 3. The van der Waals surface area contributed by atoms with Gasteiger partial charge >= 0.3 is 6.18 Å². The van der Waals surface area contributed by atoms with E-state index in [2.05, 4.69) is 15.3 Å². The minimum absolute atomic E-state index is 0.00820. The maximum absolute atomic E-state index is 13.9. The highest BCUT2D eigenvalue weighted by molar-refractivity contribution is 5.90. The highest BCUT2D eigenvalue weighted by atomic mass is 19.4. The quantitative estimate of drug-likeness (QED) is 0.455. The van der Waals surface area contributed by atoms with Crippen molar-refractivity contribution in [2.24, 2.45) is 0 Å². The number of hydrogen-bond acceptors (Lipinski definition) is 7. The number of carbonyl (C=O) groups is 1. The largest absolute Gasteiger partial charge is 0.478 e. The molecule has 1 N–H and O–H groups in total. The SMILES string of the molecule is CCCOc1ccc(N2CCC3(CC2)C(=O)NCc2nc(-c4cccnc4OCC)ccc23)c(C(F)(F)F)n1. The van der Waals surface area contributed by atoms with Gasteiger partial charge in [-0.2, -0.15) is 13.2 Å². The third-order valence-corrected chi connectivity index (χ3v) is 7.20. The summed E-state index contributed by atoms with van der Waals surface area (Å²) in [5, 5.41) is 2.96. The molecule has 2 aliphatic rings. The zero-order valence-electron chi connectivity index (χ0n) is 21.8. The molecule has 1 amide bonds. The predicted octanol–water partition coefficient (Wildman–Crippen LogP) is 4.91. The number of pyridine rings is 3. The number of piperidine rings is 1. The standard InChI is InChI=1S/C28H30F3N5O3/c1-3-16-39-23-10-9-22(24(35-23)28(29,30)31)36-14-11-27(12-15-36)19-7-8-20(34-21(19)17-33-26(27)37)18-6-5-13-32-25(18)38-4-2/h5-10,13H,3-4,11-12,14-17H2,1-2H3,(H,33,37). The first-order valence-corrected chi connectivity index (χ1v) is 13.1. The van der Waals surface area contributed by atoms with Crippen LogP contribution < -0.4 is 19.7 Å². The molecule has 0 radical (unpaired) electrons. The highest BCUT2D eigenvalue weighted by Crippen LogP contribution is 2.44. The van der Waals surface area contributed by atoms with Crippen LogP contribution in [0, 0.1) is 0 Å². The highest BCUT2D eigenvalue weighted by Gasteiger charge is 2.48. The zero-order valence-corrected chi connectivity index (χ0v) is 21.8. The van der Waals surface area contributed by atoms with Crippen molar-refractivity contribution in [3.05, 3.63) is 59.5 Å². The van der Waals surface area contributed by atoms with Crippen molar-refractivity contribution in [1.82, 2.24) is 20.3 Å². The summed E-state index contributed by atoms with van der Waals surface area (Å²) in [5.74, 6) is 0.304. The van der Waals surface area contributed by atoms with Crippen LogP contribution >= 0.6 is 0 Å². The Labute approximate surface area is 224 Å². The van der Waals surface area contributed by atoms with Crippen molar-refractivity contribution in [3.63, 3.8) is 0 Å². The van der Waals surface area contributed by atoms with Gasteiger partial charge in [0.25, 0.3) is 0 Å². The average molecular weight is 542 g/mol. The Morgan fingerprint density at radius 1 is 1.05 bits per heavy atom. The molecule has 3 aromatic heterocycles. The van der Waals surface area contributed by atoms with Crippen LogP contribution in [0.2, 0.25) is 0 Å². The molecule has 0 unspecified atom stereocenters. The number of alkyl halides is 3. The molecule has 1 saturated heterocycles. The number of rotatable bonds is 7. The van der Waals surface area contributed by atoms with Crippen molar-refractivity contribution in [2.45, 2.75) is 51.2 Å². The molecule has 5 heterocycles. The molecular formula is C28H30F3N5O3. The third-order valence-electron chi connectivity index (χ3n) is 7.20. The third kappa shape index (κ3) is 5.09. The maximum atomic E-state index is 13.9. The summed E-state index contributed by atoms with van der Waals surface area (Å²) in [6.45, 7) is 5.29. The van der Waals surface area contributed by atoms with Gasteiger partial charge in [-0.1, -0.05) is 13.0 Å². The van der Waals surface area contributed by atoms with Crippen LogP contribution in [0.4, 0.5) is 18.9 Å². The van der Waals surface area contributed by atoms with Crippen molar-refractivity contribution >= 4 is 11.6 Å². The summed E-state index contributed by atoms with van der Waals surface area (Å²) in [7, 11) is 0. The van der Waals surface area contributed by atoms with Gasteiger partial charge in [-0.25, -0.2) is 9.97 Å². The minimum Gasteiger partial charge on any atom is -0.478 e. The van der Waals surface area contributed by atoms with E-state index in [0.29, 0.717) is 37.4 Å². The molecule has 0 aliphatic carbocycles. The Morgan fingerprint density at radius 3 is 2.56 bits per heavy atom. The van der Waals surface area contributed by atoms with E-state index in [-0.39, 0.29) is 43.7 Å². The Hall–Kier alpha value is -3.89. The fourth-order valence-electron chi connectivity index (χ4n) is 5.33. The predicted molar refractivity (Wildman–Crippen MR) is 139 cm³/mol. The first-order chi connectivity index (χ1) is 18.8. The Bertz CT molecular complexity index is 1360. The second-order valence-electron chi connectivity index (χ2n) is 9.60. The number of amides is 1. The van der Waals surface area contributed by atoms with E-state index < -0.39 is 17.3 Å². The lowest BCUT2D eigenvalue weighted by atomic mass is 9.69. The molecule has 3 aromatic rings. The molecule has 39 heavy (non-hydrogen) atoms. The molecule has 2 aliphatic heterocycles. The summed E-state index contributed by atoms with van der Waals surface area (Å²) in [5.41, 5.74) is 1.13. The average Bonchev–Trinajstić information content (AvgIpc) is 2.94. The monoisotopic (exact) mass is 541 g/mol. The first kappa shape index (κ1) is 26.7. The number of hydrogen-bond donors (Lipinski definition) is 1. The lowest BCUT2D eigenvalue weighted by molar-refractivity contribution is -0.141. The van der Waals surface area contributed by atoms with Crippen LogP contribution in [-0.4, -0.2) is 47.2 Å². The molecule has 1 spiro atoms. The number of nitrogens with zero attached hydrogens (tertiary/aromatic N) is 4. The van der Waals surface area contributed by atoms with Crippen LogP contribution in [0.15, 0.2) is 42.6 Å². The molecule has 1 fully saturated rings. The van der Waals surface area contributed by atoms with Gasteiger partial charge in [-0.05, 0) is 56.0 Å². The van der Waals surface area contributed by atoms with E-state index in [1.165, 1.54) is 12.1 Å². The normalized spacial score (nSPS) is 16.5. The van der Waals surface area contributed by atoms with E-state index >= 15 is 0 Å². The van der Waals surface area contributed by atoms with Crippen LogP contribution in [0.25, 0.3) is 11.3 Å². The summed E-state index contributed by atoms with van der Waals surface area (Å²) in [4.78, 5) is 27.8. The molecule has 8 nitrogen and oxygen atoms in total. The van der Waals surface area contributed by atoms with Gasteiger partial charge in [-0.3, -0.25) is 9.78 Å². The topological polar surface area (TPSA) is 89.5 Å². The van der Waals surface area contributed by atoms with E-state index in [9.17, 15) is 18.0 Å². The lowest BCUT2D eigenvalue weighted by Gasteiger charge is -2.44. The Morgan fingerprint density at radius 2 is 1.85 bits per heavy atom. The van der Waals surface area contributed by atoms with Crippen LogP contribution in [0.5, 0.6) is 11.8 Å². The van der Waals surface area contributed by atoms with Gasteiger partial charge in [-0.15, -0.1) is 0 Å². The number of ether oxygens (including phenoxy) is 2. The molecular weight excluding hydrogens is 511 g/mol. The molecule has 0 atom stereocenters. The van der Waals surface area contributed by atoms with Gasteiger partial charge in [0.15, 0.2) is 5.69 Å². The molecule has 11 heteroatoms. The summed E-state index contributed by atoms with van der Waals surface area (Å²) >= 11 is 0. The van der Waals surface area contributed by atoms with Crippen molar-refractivity contribution in [1.29, 1.82) is 0 Å². The van der Waals surface area contributed by atoms with Gasteiger partial charge in [0.1, 0.15) is 0 Å². The summed E-state index contributed by atoms with van der Waals surface area (Å²) < 4.78 is 52.8. The number of aromatic nitrogens is 3. The second kappa shape index (κ2) is 10.7. The van der Waals surface area contributed by atoms with E-state index in [4.69, 9.17) is 14.5 Å². The van der Waals surface area contributed by atoms with E-state index in [1.54, 1.807) is 11.1 Å². The van der Waals surface area contributed by atoms with Crippen molar-refractivity contribution in [2.75, 3.05) is 31.2 Å². The van der Waals surface area contributed by atoms with Gasteiger partial charge < -0.3 is 19.7 Å². The van der Waals surface area contributed by atoms with Crippen molar-refractivity contribution in [3.8, 4) is 23.0 Å². The van der Waals surface area contributed by atoms with Gasteiger partial charge in [0, 0.05) is 25.4 Å². The smallest absolute Gasteiger partial charge is 0.435 e. The maximum Gasteiger partial charge on any atom is 0.435 e. The van der Waals surface area contributed by atoms with Gasteiger partial charge in [0.2, 0.25) is 17.7 Å². The Balaban J connectivity index is 1.42.